The van der Waals surface area contributed by atoms with Crippen molar-refractivity contribution < 1.29 is 0 Å². The van der Waals surface area contributed by atoms with Crippen LogP contribution in [0.25, 0.3) is 49.0 Å². The number of benzene rings is 4. The Kier molecular flexibility index (Phi) is 3.29. The summed E-state index contributed by atoms with van der Waals surface area (Å²) in [4.78, 5) is 0. The summed E-state index contributed by atoms with van der Waals surface area (Å²) < 4.78 is 3.41. The third-order valence-corrected chi connectivity index (χ3v) is 5.97. The molecule has 28 heavy (non-hydrogen) atoms. The van der Waals surface area contributed by atoms with Gasteiger partial charge in [0.2, 0.25) is 0 Å². The first-order valence-electron chi connectivity index (χ1n) is 9.25. The fourth-order valence-electron chi connectivity index (χ4n) is 4.38. The molecule has 2 heteroatoms. The van der Waals surface area contributed by atoms with E-state index in [2.05, 4.69) is 105 Å². The van der Waals surface area contributed by atoms with E-state index in [1.807, 2.05) is 12.1 Å². The molecule has 0 fully saturated rings. The highest BCUT2D eigenvalue weighted by atomic mass is 79.9. The van der Waals surface area contributed by atoms with Crippen LogP contribution in [0.4, 0.5) is 0 Å². The third kappa shape index (κ3) is 2.08. The van der Waals surface area contributed by atoms with E-state index >= 15 is 0 Å². The van der Waals surface area contributed by atoms with Crippen molar-refractivity contribution in [2.75, 3.05) is 0 Å². The van der Waals surface area contributed by atoms with Crippen LogP contribution in [0.2, 0.25) is 0 Å². The van der Waals surface area contributed by atoms with E-state index in [1.165, 1.54) is 43.4 Å². The van der Waals surface area contributed by atoms with Gasteiger partial charge in [-0.3, -0.25) is 0 Å². The van der Waals surface area contributed by atoms with Gasteiger partial charge >= 0.3 is 0 Å². The molecule has 6 aromatic rings. The van der Waals surface area contributed by atoms with Crippen LogP contribution in [0.15, 0.2) is 89.4 Å². The van der Waals surface area contributed by atoms with Gasteiger partial charge in [-0.15, -0.1) is 0 Å². The van der Waals surface area contributed by atoms with E-state index in [0.717, 1.165) is 10.2 Å². The highest BCUT2D eigenvalue weighted by molar-refractivity contribution is 9.10. The molecule has 1 nitrogen and oxygen atoms in total. The van der Waals surface area contributed by atoms with Crippen molar-refractivity contribution >= 4 is 59.3 Å². The molecule has 0 N–H and O–H groups in total. The largest absolute Gasteiger partial charge is 0.301 e. The number of hydrogen-bond donors (Lipinski definition) is 0. The molecule has 0 unspecified atom stereocenters. The minimum absolute atomic E-state index is 1.00. The lowest BCUT2D eigenvalue weighted by Crippen LogP contribution is -1.93. The van der Waals surface area contributed by atoms with Crippen molar-refractivity contribution in [2.24, 2.45) is 0 Å². The maximum absolute atomic E-state index is 3.67. The van der Waals surface area contributed by atoms with Crippen molar-refractivity contribution in [3.8, 4) is 5.69 Å². The minimum atomic E-state index is 1.00. The highest BCUT2D eigenvalue weighted by Gasteiger charge is 2.18. The molecule has 1 aromatic heterocycles. The number of hydrogen-bond acceptors (Lipinski definition) is 0. The zero-order valence-corrected chi connectivity index (χ0v) is 16.5. The molecule has 130 valence electrons. The Hall–Kier alpha value is -3.28. The molecule has 5 aromatic carbocycles. The summed E-state index contributed by atoms with van der Waals surface area (Å²) in [5.74, 6) is 0. The summed E-state index contributed by atoms with van der Waals surface area (Å²) >= 11 is 3.67. The maximum atomic E-state index is 3.67. The van der Waals surface area contributed by atoms with Gasteiger partial charge in [0.15, 0.2) is 0 Å². The molecule has 0 atom stereocenters. The minimum Gasteiger partial charge on any atom is -0.301 e. The Morgan fingerprint density at radius 3 is 2.14 bits per heavy atom. The molecule has 0 radical (unpaired) electrons. The normalized spacial score (nSPS) is 11.5. The smallest absolute Gasteiger partial charge is 0.0974 e. The summed E-state index contributed by atoms with van der Waals surface area (Å²) in [5.41, 5.74) is 3.40. The van der Waals surface area contributed by atoms with Crippen molar-refractivity contribution in [2.45, 2.75) is 0 Å². The van der Waals surface area contributed by atoms with Crippen molar-refractivity contribution in [1.29, 1.82) is 0 Å². The van der Waals surface area contributed by atoms with Gasteiger partial charge in [0.25, 0.3) is 0 Å². The number of halogens is 1. The Morgan fingerprint density at radius 1 is 0.679 bits per heavy atom. The second-order valence-corrected chi connectivity index (χ2v) is 7.91. The van der Waals surface area contributed by atoms with Gasteiger partial charge in [-0.25, -0.2) is 0 Å². The van der Waals surface area contributed by atoms with Crippen LogP contribution >= 0.6 is 15.9 Å². The summed E-state index contributed by atoms with van der Waals surface area (Å²) in [6.07, 6.45) is 0. The molecule has 0 bridgehead atoms. The topological polar surface area (TPSA) is 4.93 Å². The third-order valence-electron chi connectivity index (χ3n) is 5.47. The second kappa shape index (κ2) is 5.86. The average molecular weight is 420 g/mol. The fourth-order valence-corrected chi connectivity index (χ4v) is 4.74. The predicted molar refractivity (Wildman–Crippen MR) is 121 cm³/mol. The Bertz CT molecular complexity index is 1510. The van der Waals surface area contributed by atoms with Crippen LogP contribution in [-0.4, -0.2) is 4.57 Å². The zero-order valence-electron chi connectivity index (χ0n) is 14.9. The van der Waals surface area contributed by atoms with Gasteiger partial charge in [-0.1, -0.05) is 76.6 Å². The molecular formula is C26H14BrN. The van der Waals surface area contributed by atoms with Gasteiger partial charge in [0.05, 0.1) is 16.7 Å². The molecule has 0 amide bonds. The first kappa shape index (κ1) is 15.7. The van der Waals surface area contributed by atoms with E-state index in [-0.39, 0.29) is 0 Å². The van der Waals surface area contributed by atoms with Gasteiger partial charge in [-0.2, -0.15) is 0 Å². The number of aromatic nitrogens is 1. The summed E-state index contributed by atoms with van der Waals surface area (Å²) in [6, 6.07) is 36.3. The number of fused-ring (bicyclic) bond motifs is 8. The summed E-state index contributed by atoms with van der Waals surface area (Å²) in [7, 11) is 0. The van der Waals surface area contributed by atoms with Crippen molar-refractivity contribution in [3.63, 3.8) is 0 Å². The lowest BCUT2D eigenvalue weighted by Gasteiger charge is -2.10. The van der Waals surface area contributed by atoms with Crippen molar-refractivity contribution in [1.82, 2.24) is 4.57 Å². The standard InChI is InChI=1S/C26H14BrN/c27-17-14-15-24-23(16-17)25-21-12-6-4-10-19(21)20-11-5-7-13-22(20)26(25)28(24)18-8-2-1-3-9-18/h1-2,4-8,10-16H. The summed E-state index contributed by atoms with van der Waals surface area (Å²) in [5, 5.41) is 7.60. The lowest BCUT2D eigenvalue weighted by molar-refractivity contribution is 1.19. The van der Waals surface area contributed by atoms with Crippen LogP contribution < -0.4 is 0 Å². The molecule has 0 saturated heterocycles. The molecule has 0 aliphatic carbocycles. The number of rotatable bonds is 1. The van der Waals surface area contributed by atoms with E-state index in [1.54, 1.807) is 0 Å². The fraction of sp³-hybridized carbons (Fsp3) is 0. The first-order chi connectivity index (χ1) is 13.8. The SMILES string of the molecule is Brc1ccc2c(c1)c1c3ccccc3c3ccccc3c1n2-c1c#cccc1. The molecule has 0 aliphatic heterocycles. The lowest BCUT2D eigenvalue weighted by atomic mass is 9.97. The van der Waals surface area contributed by atoms with Crippen LogP contribution in [0.3, 0.4) is 0 Å². The zero-order chi connectivity index (χ0) is 18.7. The maximum Gasteiger partial charge on any atom is 0.0974 e. The molecule has 0 saturated carbocycles. The highest BCUT2D eigenvalue weighted by Crippen LogP contribution is 2.42. The Labute approximate surface area is 171 Å². The molecule has 0 spiro atoms. The van der Waals surface area contributed by atoms with Crippen LogP contribution in [0.1, 0.15) is 0 Å². The van der Waals surface area contributed by atoms with Crippen LogP contribution in [0, 0.1) is 12.1 Å². The van der Waals surface area contributed by atoms with Gasteiger partial charge in [-0.05, 0) is 52.6 Å². The summed E-state index contributed by atoms with van der Waals surface area (Å²) in [6.45, 7) is 0. The molecule has 0 aliphatic rings. The van der Waals surface area contributed by atoms with Crippen LogP contribution in [0.5, 0.6) is 0 Å². The average Bonchev–Trinajstić information content (AvgIpc) is 3.09. The molecule has 6 rings (SSSR count). The van der Waals surface area contributed by atoms with Crippen LogP contribution in [-0.2, 0) is 0 Å². The van der Waals surface area contributed by atoms with E-state index in [4.69, 9.17) is 0 Å². The Balaban J connectivity index is 2.02. The molecular weight excluding hydrogens is 406 g/mol. The van der Waals surface area contributed by atoms with E-state index in [0.29, 0.717) is 0 Å². The first-order valence-corrected chi connectivity index (χ1v) is 10.0. The van der Waals surface area contributed by atoms with E-state index in [9.17, 15) is 0 Å². The monoisotopic (exact) mass is 419 g/mol. The van der Waals surface area contributed by atoms with Gasteiger partial charge in [0.1, 0.15) is 0 Å². The van der Waals surface area contributed by atoms with E-state index < -0.39 is 0 Å². The Morgan fingerprint density at radius 2 is 1.39 bits per heavy atom. The van der Waals surface area contributed by atoms with Gasteiger partial charge in [0, 0.05) is 20.6 Å². The quantitative estimate of drug-likeness (QED) is 0.244. The van der Waals surface area contributed by atoms with Crippen molar-refractivity contribution in [3.05, 3.63) is 102 Å². The predicted octanol–water partition coefficient (Wildman–Crippen LogP) is 7.45. The van der Waals surface area contributed by atoms with Gasteiger partial charge < -0.3 is 4.57 Å². The molecule has 1 heterocycles. The second-order valence-electron chi connectivity index (χ2n) is 6.99. The number of nitrogens with zero attached hydrogens (tertiary/aromatic N) is 1.